The topological polar surface area (TPSA) is 114 Å². The van der Waals surface area contributed by atoms with Gasteiger partial charge in [-0.3, -0.25) is 15.3 Å². The maximum Gasteiger partial charge on any atom is 0.324 e. The largest absolute Gasteiger partial charge is 0.493 e. The summed E-state index contributed by atoms with van der Waals surface area (Å²) >= 11 is 0. The smallest absolute Gasteiger partial charge is 0.324 e. The van der Waals surface area contributed by atoms with Crippen LogP contribution < -0.4 is 15.4 Å². The summed E-state index contributed by atoms with van der Waals surface area (Å²) in [5, 5.41) is 22.2. The Morgan fingerprint density at radius 1 is 0.975 bits per heavy atom. The van der Waals surface area contributed by atoms with Crippen LogP contribution in [0.2, 0.25) is 0 Å². The van der Waals surface area contributed by atoms with Gasteiger partial charge in [0.15, 0.2) is 0 Å². The van der Waals surface area contributed by atoms with Crippen LogP contribution in [0.25, 0.3) is 16.5 Å². The molecule has 2 amide bonds. The van der Waals surface area contributed by atoms with Gasteiger partial charge in [-0.25, -0.2) is 9.48 Å². The third-order valence-corrected chi connectivity index (χ3v) is 6.65. The number of nitrogens with one attached hydrogen (secondary N) is 2. The second-order valence-corrected chi connectivity index (χ2v) is 10.2. The Bertz CT molecular complexity index is 1610. The number of rotatable bonds is 9. The van der Waals surface area contributed by atoms with Gasteiger partial charge in [-0.1, -0.05) is 44.2 Å². The number of aliphatic hydroxyl groups excluding tert-OH is 1. The van der Waals surface area contributed by atoms with Crippen LogP contribution >= 0.6 is 0 Å². The highest BCUT2D eigenvalue weighted by Gasteiger charge is 2.25. The molecule has 0 saturated carbocycles. The van der Waals surface area contributed by atoms with Gasteiger partial charge in [-0.15, -0.1) is 0 Å². The molecule has 0 radical (unpaired) electrons. The lowest BCUT2D eigenvalue weighted by Crippen LogP contribution is -2.22. The lowest BCUT2D eigenvalue weighted by Gasteiger charge is -2.18. The van der Waals surface area contributed by atoms with Crippen molar-refractivity contribution in [2.45, 2.75) is 32.6 Å². The maximum absolute atomic E-state index is 13.2. The van der Waals surface area contributed by atoms with Crippen LogP contribution in [0.5, 0.6) is 5.75 Å². The van der Waals surface area contributed by atoms with Crippen LogP contribution in [0.4, 0.5) is 16.3 Å². The number of aromatic nitrogens is 4. The maximum atomic E-state index is 13.2. The van der Waals surface area contributed by atoms with Crippen molar-refractivity contribution in [3.8, 4) is 11.4 Å². The standard InChI is InChI=1S/C31H32N6O3/c1-21-11-12-23(19-33-21)37-29(18-28(36-37)31(2,3)20-38)35-30(39)34-26-13-14-27(25-10-5-4-9-24(25)26)40-17-15-22-8-6-7-16-32-22/h4-14,16,18-19,38H,15,17,20H2,1-3H3,(H2,34,35,39). The van der Waals surface area contributed by atoms with Crippen LogP contribution in [-0.2, 0) is 11.8 Å². The van der Waals surface area contributed by atoms with E-state index in [0.717, 1.165) is 27.9 Å². The molecule has 9 heteroatoms. The number of benzene rings is 2. The molecule has 0 spiro atoms. The highest BCUT2D eigenvalue weighted by atomic mass is 16.5. The third-order valence-electron chi connectivity index (χ3n) is 6.65. The van der Waals surface area contributed by atoms with Crippen molar-refractivity contribution in [2.24, 2.45) is 0 Å². The van der Waals surface area contributed by atoms with E-state index in [0.29, 0.717) is 35.9 Å². The molecule has 3 N–H and O–H groups in total. The molecule has 3 aromatic heterocycles. The van der Waals surface area contributed by atoms with Gasteiger partial charge in [-0.05, 0) is 43.3 Å². The van der Waals surface area contributed by atoms with Crippen molar-refractivity contribution >= 4 is 28.3 Å². The number of fused-ring (bicyclic) bond motifs is 1. The first-order chi connectivity index (χ1) is 19.3. The summed E-state index contributed by atoms with van der Waals surface area (Å²) in [6, 6.07) is 22.4. The van der Waals surface area contributed by atoms with Gasteiger partial charge in [0.25, 0.3) is 0 Å². The molecule has 40 heavy (non-hydrogen) atoms. The van der Waals surface area contributed by atoms with Crippen LogP contribution in [0, 0.1) is 6.92 Å². The molecule has 0 saturated heterocycles. The second kappa shape index (κ2) is 11.5. The van der Waals surface area contributed by atoms with Crippen molar-refractivity contribution in [3.63, 3.8) is 0 Å². The summed E-state index contributed by atoms with van der Waals surface area (Å²) in [7, 11) is 0. The van der Waals surface area contributed by atoms with Crippen LogP contribution in [0.15, 0.2) is 85.2 Å². The Morgan fingerprint density at radius 2 is 1.77 bits per heavy atom. The number of carbonyl (C=O) groups excluding carboxylic acids is 1. The lowest BCUT2D eigenvalue weighted by atomic mass is 9.91. The molecule has 0 fully saturated rings. The molecule has 0 aliphatic rings. The van der Waals surface area contributed by atoms with Crippen molar-refractivity contribution in [1.82, 2.24) is 19.7 Å². The van der Waals surface area contributed by atoms with Crippen molar-refractivity contribution < 1.29 is 14.6 Å². The summed E-state index contributed by atoms with van der Waals surface area (Å²) in [5.74, 6) is 1.19. The zero-order chi connectivity index (χ0) is 28.1. The summed E-state index contributed by atoms with van der Waals surface area (Å²) < 4.78 is 7.71. The number of ether oxygens (including phenoxy) is 1. The fourth-order valence-corrected chi connectivity index (χ4v) is 4.25. The van der Waals surface area contributed by atoms with Crippen molar-refractivity contribution in [1.29, 1.82) is 0 Å². The fourth-order valence-electron chi connectivity index (χ4n) is 4.25. The van der Waals surface area contributed by atoms with E-state index in [-0.39, 0.29) is 6.61 Å². The average molecular weight is 537 g/mol. The normalized spacial score (nSPS) is 11.4. The summed E-state index contributed by atoms with van der Waals surface area (Å²) in [5.41, 5.74) is 3.22. The third kappa shape index (κ3) is 5.94. The van der Waals surface area contributed by atoms with Crippen LogP contribution in [0.3, 0.4) is 0 Å². The van der Waals surface area contributed by atoms with E-state index in [1.165, 1.54) is 0 Å². The molecule has 3 heterocycles. The highest BCUT2D eigenvalue weighted by molar-refractivity contribution is 6.07. The van der Waals surface area contributed by atoms with Crippen molar-refractivity contribution in [2.75, 3.05) is 23.8 Å². The van der Waals surface area contributed by atoms with Gasteiger partial charge < -0.3 is 15.2 Å². The van der Waals surface area contributed by atoms with E-state index < -0.39 is 11.4 Å². The summed E-state index contributed by atoms with van der Waals surface area (Å²) in [6.45, 7) is 6.08. The molecular formula is C31H32N6O3. The number of nitrogens with zero attached hydrogens (tertiary/aromatic N) is 4. The molecule has 0 aliphatic heterocycles. The summed E-state index contributed by atoms with van der Waals surface area (Å²) in [4.78, 5) is 21.9. The number of pyridine rings is 2. The number of anilines is 2. The first-order valence-corrected chi connectivity index (χ1v) is 13.1. The van der Waals surface area contributed by atoms with Gasteiger partial charge >= 0.3 is 6.03 Å². The average Bonchev–Trinajstić information content (AvgIpc) is 3.39. The molecule has 0 aliphatic carbocycles. The van der Waals surface area contributed by atoms with Crippen LogP contribution in [-0.4, -0.2) is 44.1 Å². The quantitative estimate of drug-likeness (QED) is 0.224. The number of hydrogen-bond acceptors (Lipinski definition) is 6. The van der Waals surface area contributed by atoms with Crippen LogP contribution in [0.1, 0.15) is 30.9 Å². The van der Waals surface area contributed by atoms with Crippen molar-refractivity contribution in [3.05, 3.63) is 102 Å². The zero-order valence-electron chi connectivity index (χ0n) is 22.8. The SMILES string of the molecule is Cc1ccc(-n2nc(C(C)(C)CO)cc2NC(=O)Nc2ccc(OCCc3ccccn3)c3ccccc23)cn1. The van der Waals surface area contributed by atoms with E-state index in [4.69, 9.17) is 4.74 Å². The first-order valence-electron chi connectivity index (χ1n) is 13.1. The van der Waals surface area contributed by atoms with Gasteiger partial charge in [-0.2, -0.15) is 5.10 Å². The van der Waals surface area contributed by atoms with E-state index in [1.807, 2.05) is 87.5 Å². The van der Waals surface area contributed by atoms with Gasteiger partial charge in [0.1, 0.15) is 11.6 Å². The van der Waals surface area contributed by atoms with Gasteiger partial charge in [0, 0.05) is 46.3 Å². The van der Waals surface area contributed by atoms with E-state index >= 15 is 0 Å². The van der Waals surface area contributed by atoms with E-state index in [2.05, 4.69) is 25.7 Å². The molecule has 5 rings (SSSR count). The number of aliphatic hydroxyl groups is 1. The first kappa shape index (κ1) is 26.8. The van der Waals surface area contributed by atoms with Gasteiger partial charge in [0.05, 0.1) is 36.5 Å². The summed E-state index contributed by atoms with van der Waals surface area (Å²) in [6.07, 6.45) is 4.16. The molecule has 9 nitrogen and oxygen atoms in total. The molecule has 2 aromatic carbocycles. The molecular weight excluding hydrogens is 504 g/mol. The molecule has 204 valence electrons. The number of aryl methyl sites for hydroxylation is 1. The Hall–Kier alpha value is -4.76. The molecule has 0 bridgehead atoms. The minimum atomic E-state index is -0.598. The lowest BCUT2D eigenvalue weighted by molar-refractivity contribution is 0.215. The Morgan fingerprint density at radius 3 is 2.50 bits per heavy atom. The Balaban J connectivity index is 1.36. The van der Waals surface area contributed by atoms with Gasteiger partial charge in [0.2, 0.25) is 0 Å². The molecule has 5 aromatic rings. The second-order valence-electron chi connectivity index (χ2n) is 10.2. The predicted molar refractivity (Wildman–Crippen MR) is 156 cm³/mol. The number of hydrogen-bond donors (Lipinski definition) is 3. The number of carbonyl (C=O) groups is 1. The number of amides is 2. The zero-order valence-corrected chi connectivity index (χ0v) is 22.8. The Labute approximate surface area is 232 Å². The fraction of sp³-hybridized carbons (Fsp3) is 0.226. The minimum absolute atomic E-state index is 0.0932. The number of urea groups is 1. The van der Waals surface area contributed by atoms with E-state index in [1.54, 1.807) is 23.1 Å². The predicted octanol–water partition coefficient (Wildman–Crippen LogP) is 5.66. The Kier molecular flexibility index (Phi) is 7.75. The highest BCUT2D eigenvalue weighted by Crippen LogP contribution is 2.32. The molecule has 0 atom stereocenters. The monoisotopic (exact) mass is 536 g/mol. The van der Waals surface area contributed by atoms with E-state index in [9.17, 15) is 9.90 Å². The minimum Gasteiger partial charge on any atom is -0.493 e. The molecule has 0 unspecified atom stereocenters.